The van der Waals surface area contributed by atoms with Crippen LogP contribution in [0.3, 0.4) is 0 Å². The molecule has 1 aromatic carbocycles. The Labute approximate surface area is 120 Å². The first-order chi connectivity index (χ1) is 9.16. The average Bonchev–Trinajstić information content (AvgIpc) is 2.35. The zero-order valence-electron chi connectivity index (χ0n) is 11.0. The number of benzene rings is 1. The fraction of sp³-hybridized carbons (Fsp3) is 0.250. The molecule has 0 aliphatic rings. The SMILES string of the molecule is CN(C)S(=O)(=O)c1cn(C)c2cc(Cl)c(F)cc2c1=O. The van der Waals surface area contributed by atoms with Crippen molar-refractivity contribution in [3.63, 3.8) is 0 Å². The van der Waals surface area contributed by atoms with E-state index in [2.05, 4.69) is 0 Å². The largest absolute Gasteiger partial charge is 0.349 e. The number of hydrogen-bond acceptors (Lipinski definition) is 3. The molecule has 0 saturated heterocycles. The topological polar surface area (TPSA) is 59.4 Å². The van der Waals surface area contributed by atoms with E-state index < -0.39 is 26.2 Å². The van der Waals surface area contributed by atoms with E-state index in [1.54, 1.807) is 7.05 Å². The molecule has 108 valence electrons. The Morgan fingerprint density at radius 1 is 1.30 bits per heavy atom. The third-order valence-corrected chi connectivity index (χ3v) is 5.05. The molecule has 0 spiro atoms. The van der Waals surface area contributed by atoms with Gasteiger partial charge in [0.05, 0.1) is 15.9 Å². The molecule has 0 radical (unpaired) electrons. The van der Waals surface area contributed by atoms with Crippen molar-refractivity contribution in [3.8, 4) is 0 Å². The molecule has 0 unspecified atom stereocenters. The van der Waals surface area contributed by atoms with Crippen molar-refractivity contribution in [1.29, 1.82) is 0 Å². The van der Waals surface area contributed by atoms with Crippen LogP contribution in [-0.2, 0) is 17.1 Å². The first-order valence-corrected chi connectivity index (χ1v) is 7.39. The minimum absolute atomic E-state index is 0.0303. The Hall–Kier alpha value is -1.44. The van der Waals surface area contributed by atoms with E-state index in [-0.39, 0.29) is 10.4 Å². The second-order valence-corrected chi connectivity index (χ2v) is 7.03. The molecular formula is C12H12ClFN2O3S. The van der Waals surface area contributed by atoms with Gasteiger partial charge in [-0.15, -0.1) is 0 Å². The van der Waals surface area contributed by atoms with E-state index in [9.17, 15) is 17.6 Å². The van der Waals surface area contributed by atoms with E-state index in [4.69, 9.17) is 11.6 Å². The minimum atomic E-state index is -3.90. The van der Waals surface area contributed by atoms with Gasteiger partial charge in [-0.1, -0.05) is 11.6 Å². The predicted molar refractivity (Wildman–Crippen MR) is 75.0 cm³/mol. The van der Waals surface area contributed by atoms with Crippen LogP contribution in [0.2, 0.25) is 5.02 Å². The molecule has 1 heterocycles. The molecule has 8 heteroatoms. The van der Waals surface area contributed by atoms with Gasteiger partial charge in [0.1, 0.15) is 10.7 Å². The Bertz CT molecular complexity index is 859. The first-order valence-electron chi connectivity index (χ1n) is 5.57. The van der Waals surface area contributed by atoms with Gasteiger partial charge in [0.25, 0.3) is 0 Å². The number of aromatic nitrogens is 1. The molecule has 0 N–H and O–H groups in total. The van der Waals surface area contributed by atoms with Crippen LogP contribution in [0.5, 0.6) is 0 Å². The van der Waals surface area contributed by atoms with Gasteiger partial charge >= 0.3 is 0 Å². The second kappa shape index (κ2) is 4.83. The highest BCUT2D eigenvalue weighted by atomic mass is 35.5. The third-order valence-electron chi connectivity index (χ3n) is 2.96. The van der Waals surface area contributed by atoms with Crippen molar-refractivity contribution < 1.29 is 12.8 Å². The van der Waals surface area contributed by atoms with Crippen LogP contribution in [-0.4, -0.2) is 31.4 Å². The maximum atomic E-state index is 13.5. The lowest BCUT2D eigenvalue weighted by Gasteiger charge is -2.14. The van der Waals surface area contributed by atoms with E-state index in [0.29, 0.717) is 5.52 Å². The average molecular weight is 319 g/mol. The van der Waals surface area contributed by atoms with Crippen LogP contribution >= 0.6 is 11.6 Å². The minimum Gasteiger partial charge on any atom is -0.349 e. The summed E-state index contributed by atoms with van der Waals surface area (Å²) in [6.45, 7) is 0. The van der Waals surface area contributed by atoms with Crippen LogP contribution in [0.1, 0.15) is 0 Å². The maximum absolute atomic E-state index is 13.5. The smallest absolute Gasteiger partial charge is 0.247 e. The van der Waals surface area contributed by atoms with Gasteiger partial charge in [-0.25, -0.2) is 17.1 Å². The van der Waals surface area contributed by atoms with Gasteiger partial charge in [-0.05, 0) is 12.1 Å². The fourth-order valence-corrected chi connectivity index (χ4v) is 3.01. The van der Waals surface area contributed by atoms with E-state index in [1.807, 2.05) is 0 Å². The van der Waals surface area contributed by atoms with Crippen LogP contribution in [0.15, 0.2) is 28.0 Å². The normalized spacial score (nSPS) is 12.3. The highest BCUT2D eigenvalue weighted by Crippen LogP contribution is 2.22. The molecule has 0 saturated carbocycles. The second-order valence-electron chi connectivity index (χ2n) is 4.50. The molecule has 0 aliphatic heterocycles. The van der Waals surface area contributed by atoms with Gasteiger partial charge in [-0.2, -0.15) is 0 Å². The van der Waals surface area contributed by atoms with Crippen molar-refractivity contribution in [2.75, 3.05) is 14.1 Å². The fourth-order valence-electron chi connectivity index (χ4n) is 1.83. The van der Waals surface area contributed by atoms with E-state index in [0.717, 1.165) is 10.4 Å². The highest BCUT2D eigenvalue weighted by Gasteiger charge is 2.23. The summed E-state index contributed by atoms with van der Waals surface area (Å²) >= 11 is 5.68. The molecule has 2 aromatic rings. The highest BCUT2D eigenvalue weighted by molar-refractivity contribution is 7.89. The summed E-state index contributed by atoms with van der Waals surface area (Å²) in [5.74, 6) is -0.768. The Morgan fingerprint density at radius 3 is 2.45 bits per heavy atom. The van der Waals surface area contributed by atoms with Crippen LogP contribution in [0, 0.1) is 5.82 Å². The van der Waals surface area contributed by atoms with Crippen molar-refractivity contribution >= 4 is 32.5 Å². The summed E-state index contributed by atoms with van der Waals surface area (Å²) in [5, 5.41) is -0.159. The molecule has 0 bridgehead atoms. The molecule has 0 amide bonds. The standard InChI is InChI=1S/C12H12ClFN2O3S/c1-15(2)20(18,19)11-6-16(3)10-5-8(13)9(14)4-7(10)12(11)17/h4-6H,1-3H3. The number of aryl methyl sites for hydroxylation is 1. The third kappa shape index (κ3) is 2.21. The van der Waals surface area contributed by atoms with Crippen molar-refractivity contribution in [2.45, 2.75) is 4.90 Å². The maximum Gasteiger partial charge on any atom is 0.247 e. The molecule has 0 atom stereocenters. The lowest BCUT2D eigenvalue weighted by atomic mass is 10.2. The summed E-state index contributed by atoms with van der Waals surface area (Å²) in [7, 11) is 0.302. The molecule has 5 nitrogen and oxygen atoms in total. The van der Waals surface area contributed by atoms with Gasteiger partial charge in [0.15, 0.2) is 0 Å². The lowest BCUT2D eigenvalue weighted by Crippen LogP contribution is -2.28. The van der Waals surface area contributed by atoms with Crippen molar-refractivity contribution in [3.05, 3.63) is 39.4 Å². The predicted octanol–water partition coefficient (Wildman–Crippen LogP) is 1.58. The van der Waals surface area contributed by atoms with Gasteiger partial charge < -0.3 is 4.57 Å². The summed E-state index contributed by atoms with van der Waals surface area (Å²) in [6.07, 6.45) is 1.20. The zero-order valence-corrected chi connectivity index (χ0v) is 12.6. The lowest BCUT2D eigenvalue weighted by molar-refractivity contribution is 0.519. The number of nitrogens with zero attached hydrogens (tertiary/aromatic N) is 2. The van der Waals surface area contributed by atoms with E-state index >= 15 is 0 Å². The molecule has 0 fully saturated rings. The molecular weight excluding hydrogens is 307 g/mol. The van der Waals surface area contributed by atoms with Gasteiger partial charge in [0, 0.05) is 27.3 Å². The molecule has 0 aliphatic carbocycles. The quantitative estimate of drug-likeness (QED) is 0.844. The number of fused-ring (bicyclic) bond motifs is 1. The summed E-state index contributed by atoms with van der Waals surface area (Å²) < 4.78 is 40.1. The van der Waals surface area contributed by atoms with Crippen LogP contribution in [0.25, 0.3) is 10.9 Å². The first kappa shape index (κ1) is 15.0. The van der Waals surface area contributed by atoms with Crippen molar-refractivity contribution in [1.82, 2.24) is 8.87 Å². The van der Waals surface area contributed by atoms with Gasteiger partial charge in [0.2, 0.25) is 15.5 Å². The molecule has 20 heavy (non-hydrogen) atoms. The molecule has 2 rings (SSSR count). The Morgan fingerprint density at radius 2 is 1.90 bits per heavy atom. The summed E-state index contributed by atoms with van der Waals surface area (Å²) in [4.78, 5) is 11.9. The van der Waals surface area contributed by atoms with E-state index in [1.165, 1.54) is 30.9 Å². The van der Waals surface area contributed by atoms with Crippen molar-refractivity contribution in [2.24, 2.45) is 7.05 Å². The van der Waals surface area contributed by atoms with Crippen LogP contribution < -0.4 is 5.43 Å². The number of pyridine rings is 1. The number of hydrogen-bond donors (Lipinski definition) is 0. The Balaban J connectivity index is 2.97. The summed E-state index contributed by atoms with van der Waals surface area (Å²) in [5.41, 5.74) is -0.388. The number of halogens is 2. The Kier molecular flexibility index (Phi) is 3.62. The zero-order chi connectivity index (χ0) is 15.2. The summed E-state index contributed by atoms with van der Waals surface area (Å²) in [6, 6.07) is 2.24. The number of sulfonamides is 1. The van der Waals surface area contributed by atoms with Crippen LogP contribution in [0.4, 0.5) is 4.39 Å². The van der Waals surface area contributed by atoms with Gasteiger partial charge in [-0.3, -0.25) is 4.79 Å². The molecule has 1 aromatic heterocycles. The number of rotatable bonds is 2. The monoisotopic (exact) mass is 318 g/mol.